The van der Waals surface area contributed by atoms with E-state index in [1.807, 2.05) is 25.3 Å². The Morgan fingerprint density at radius 2 is 1.92 bits per heavy atom. The van der Waals surface area contributed by atoms with Crippen molar-refractivity contribution < 1.29 is 19.1 Å². The summed E-state index contributed by atoms with van der Waals surface area (Å²) >= 11 is 2.90. The Hall–Kier alpha value is -2.19. The van der Waals surface area contributed by atoms with E-state index in [2.05, 4.69) is 5.32 Å². The number of ether oxygens (including phenoxy) is 1. The Morgan fingerprint density at radius 1 is 1.23 bits per heavy atom. The minimum atomic E-state index is -0.607. The zero-order valence-corrected chi connectivity index (χ0v) is 17.1. The van der Waals surface area contributed by atoms with Crippen LogP contribution in [0.5, 0.6) is 0 Å². The molecule has 6 nitrogen and oxygen atoms in total. The SMILES string of the molecule is CC(=O)Nc1sc(C)c(C)c1C(=O)OCC(=O)N(C)Cc1sccc1C. The van der Waals surface area contributed by atoms with Gasteiger partial charge in [-0.25, -0.2) is 4.79 Å². The van der Waals surface area contributed by atoms with Crippen molar-refractivity contribution in [2.45, 2.75) is 34.2 Å². The van der Waals surface area contributed by atoms with Gasteiger partial charge >= 0.3 is 5.97 Å². The van der Waals surface area contributed by atoms with Crippen molar-refractivity contribution in [1.82, 2.24) is 4.90 Å². The van der Waals surface area contributed by atoms with Crippen LogP contribution in [0.15, 0.2) is 11.4 Å². The smallest absolute Gasteiger partial charge is 0.341 e. The zero-order chi connectivity index (χ0) is 19.4. The lowest BCUT2D eigenvalue weighted by atomic mass is 10.1. The van der Waals surface area contributed by atoms with Crippen molar-refractivity contribution in [3.05, 3.63) is 37.9 Å². The average molecular weight is 395 g/mol. The Balaban J connectivity index is 2.01. The van der Waals surface area contributed by atoms with Crippen molar-refractivity contribution in [1.29, 1.82) is 0 Å². The fourth-order valence-corrected chi connectivity index (χ4v) is 4.35. The first-order valence-corrected chi connectivity index (χ1v) is 9.72. The molecule has 2 aromatic rings. The minimum absolute atomic E-state index is 0.262. The molecule has 1 N–H and O–H groups in total. The molecule has 2 aromatic heterocycles. The lowest BCUT2D eigenvalue weighted by molar-refractivity contribution is -0.133. The van der Waals surface area contributed by atoms with Gasteiger partial charge < -0.3 is 15.0 Å². The van der Waals surface area contributed by atoms with Gasteiger partial charge in [0.1, 0.15) is 5.00 Å². The average Bonchev–Trinajstić information content (AvgIpc) is 3.08. The standard InChI is InChI=1S/C18H22N2O4S2/c1-10-6-7-25-14(10)8-20(5)15(22)9-24-18(23)16-11(2)12(3)26-17(16)19-13(4)21/h6-7H,8-9H2,1-5H3,(H,19,21). The Kier molecular flexibility index (Phi) is 6.55. The number of hydrogen-bond acceptors (Lipinski definition) is 6. The van der Waals surface area contributed by atoms with Crippen LogP contribution in [-0.4, -0.2) is 36.3 Å². The molecule has 0 unspecified atom stereocenters. The van der Waals surface area contributed by atoms with Gasteiger partial charge in [0.05, 0.1) is 12.1 Å². The van der Waals surface area contributed by atoms with Crippen LogP contribution in [-0.2, 0) is 20.9 Å². The highest BCUT2D eigenvalue weighted by molar-refractivity contribution is 7.16. The summed E-state index contributed by atoms with van der Waals surface area (Å²) in [4.78, 5) is 39.6. The normalized spacial score (nSPS) is 10.5. The number of nitrogens with zero attached hydrogens (tertiary/aromatic N) is 1. The molecule has 2 rings (SSSR count). The third-order valence-corrected chi connectivity index (χ3v) is 6.11. The molecule has 2 heterocycles. The molecule has 0 aliphatic carbocycles. The maximum absolute atomic E-state index is 12.4. The molecule has 0 aliphatic rings. The lowest BCUT2D eigenvalue weighted by Gasteiger charge is -2.17. The second kappa shape index (κ2) is 8.46. The number of nitrogens with one attached hydrogen (secondary N) is 1. The van der Waals surface area contributed by atoms with Crippen LogP contribution in [0.1, 0.15) is 38.2 Å². The first kappa shape index (κ1) is 20.1. The van der Waals surface area contributed by atoms with Gasteiger partial charge in [0.15, 0.2) is 6.61 Å². The number of esters is 1. The fraction of sp³-hybridized carbons (Fsp3) is 0.389. The van der Waals surface area contributed by atoms with Crippen molar-refractivity contribution in [2.75, 3.05) is 19.0 Å². The quantitative estimate of drug-likeness (QED) is 0.761. The molecular formula is C18H22N2O4S2. The molecule has 0 aromatic carbocycles. The molecule has 140 valence electrons. The van der Waals surface area contributed by atoms with Crippen LogP contribution in [0.2, 0.25) is 0 Å². The van der Waals surface area contributed by atoms with Gasteiger partial charge in [-0.15, -0.1) is 22.7 Å². The highest BCUT2D eigenvalue weighted by atomic mass is 32.1. The van der Waals surface area contributed by atoms with E-state index in [4.69, 9.17) is 4.74 Å². The Morgan fingerprint density at radius 3 is 2.50 bits per heavy atom. The van der Waals surface area contributed by atoms with Crippen LogP contribution in [0.25, 0.3) is 0 Å². The number of likely N-dealkylation sites (N-methyl/N-ethyl adjacent to an activating group) is 1. The van der Waals surface area contributed by atoms with Crippen molar-refractivity contribution >= 4 is 45.5 Å². The number of thiophene rings is 2. The second-order valence-corrected chi connectivity index (χ2v) is 8.25. The van der Waals surface area contributed by atoms with E-state index in [1.165, 1.54) is 23.2 Å². The summed E-state index contributed by atoms with van der Waals surface area (Å²) < 4.78 is 5.21. The van der Waals surface area contributed by atoms with E-state index < -0.39 is 5.97 Å². The second-order valence-electron chi connectivity index (χ2n) is 6.02. The summed E-state index contributed by atoms with van der Waals surface area (Å²) in [5.41, 5.74) is 2.20. The molecule has 26 heavy (non-hydrogen) atoms. The molecule has 0 saturated carbocycles. The van der Waals surface area contributed by atoms with Crippen molar-refractivity contribution in [2.24, 2.45) is 0 Å². The number of carbonyl (C=O) groups is 3. The van der Waals surface area contributed by atoms with E-state index in [9.17, 15) is 14.4 Å². The van der Waals surface area contributed by atoms with E-state index in [1.54, 1.807) is 25.3 Å². The molecular weight excluding hydrogens is 372 g/mol. The van der Waals surface area contributed by atoms with Crippen LogP contribution in [0.3, 0.4) is 0 Å². The van der Waals surface area contributed by atoms with Crippen molar-refractivity contribution in [3.8, 4) is 0 Å². The van der Waals surface area contributed by atoms with E-state index in [0.717, 1.165) is 20.9 Å². The van der Waals surface area contributed by atoms with E-state index >= 15 is 0 Å². The minimum Gasteiger partial charge on any atom is -0.452 e. The highest BCUT2D eigenvalue weighted by Crippen LogP contribution is 2.33. The predicted molar refractivity (Wildman–Crippen MR) is 104 cm³/mol. The summed E-state index contributed by atoms with van der Waals surface area (Å²) in [5, 5.41) is 5.08. The van der Waals surface area contributed by atoms with Gasteiger partial charge in [0.25, 0.3) is 5.91 Å². The van der Waals surface area contributed by atoms with Gasteiger partial charge in [0.2, 0.25) is 5.91 Å². The fourth-order valence-electron chi connectivity index (χ4n) is 2.30. The van der Waals surface area contributed by atoms with Crippen molar-refractivity contribution in [3.63, 3.8) is 0 Å². The molecule has 0 fully saturated rings. The summed E-state index contributed by atoms with van der Waals surface area (Å²) in [6, 6.07) is 2.00. The van der Waals surface area contributed by atoms with Gasteiger partial charge in [-0.3, -0.25) is 9.59 Å². The Bertz CT molecular complexity index is 838. The third kappa shape index (κ3) is 4.70. The van der Waals surface area contributed by atoms with Gasteiger partial charge in [-0.1, -0.05) is 0 Å². The molecule has 0 bridgehead atoms. The first-order chi connectivity index (χ1) is 12.2. The Labute approximate surface area is 160 Å². The van der Waals surface area contributed by atoms with Gasteiger partial charge in [-0.2, -0.15) is 0 Å². The zero-order valence-electron chi connectivity index (χ0n) is 15.5. The number of amides is 2. The van der Waals surface area contributed by atoms with E-state index in [0.29, 0.717) is 17.1 Å². The number of aryl methyl sites for hydroxylation is 2. The molecule has 8 heteroatoms. The molecule has 0 aliphatic heterocycles. The predicted octanol–water partition coefficient (Wildman–Crippen LogP) is 3.51. The molecule has 0 radical (unpaired) electrons. The topological polar surface area (TPSA) is 75.7 Å². The van der Waals surface area contributed by atoms with Gasteiger partial charge in [0, 0.05) is 23.7 Å². The number of anilines is 1. The molecule has 2 amide bonds. The number of hydrogen-bond donors (Lipinski definition) is 1. The maximum Gasteiger partial charge on any atom is 0.341 e. The highest BCUT2D eigenvalue weighted by Gasteiger charge is 2.23. The summed E-state index contributed by atoms with van der Waals surface area (Å²) in [7, 11) is 1.68. The summed E-state index contributed by atoms with van der Waals surface area (Å²) in [6.07, 6.45) is 0. The number of rotatable bonds is 6. The molecule has 0 atom stereocenters. The number of carbonyl (C=O) groups excluding carboxylic acids is 3. The van der Waals surface area contributed by atoms with Crippen LogP contribution < -0.4 is 5.32 Å². The van der Waals surface area contributed by atoms with Crippen LogP contribution in [0.4, 0.5) is 5.00 Å². The van der Waals surface area contributed by atoms with E-state index in [-0.39, 0.29) is 18.4 Å². The lowest BCUT2D eigenvalue weighted by Crippen LogP contribution is -2.30. The monoisotopic (exact) mass is 394 g/mol. The first-order valence-electron chi connectivity index (χ1n) is 8.02. The molecule has 0 saturated heterocycles. The van der Waals surface area contributed by atoms with Gasteiger partial charge in [-0.05, 0) is 43.3 Å². The summed E-state index contributed by atoms with van der Waals surface area (Å²) in [5.74, 6) is -1.15. The maximum atomic E-state index is 12.4. The van der Waals surface area contributed by atoms with Crippen LogP contribution >= 0.6 is 22.7 Å². The van der Waals surface area contributed by atoms with Crippen LogP contribution in [0, 0.1) is 20.8 Å². The largest absolute Gasteiger partial charge is 0.452 e. The third-order valence-electron chi connectivity index (χ3n) is 3.98. The molecule has 0 spiro atoms. The summed E-state index contributed by atoms with van der Waals surface area (Å²) in [6.45, 7) is 7.17.